The number of morpholine rings is 2. The quantitative estimate of drug-likeness (QED) is 0.319. The largest absolute Gasteiger partial charge is 0.372 e. The Morgan fingerprint density at radius 3 is 1.71 bits per heavy atom. The van der Waals surface area contributed by atoms with Gasteiger partial charge in [-0.3, -0.25) is 9.80 Å². The minimum absolute atomic E-state index is 0.398. The molecule has 0 N–H and O–H groups in total. The third-order valence-corrected chi connectivity index (χ3v) is 18.2. The van der Waals surface area contributed by atoms with E-state index in [0.29, 0.717) is 48.3 Å². The number of hydrogen-bond donors (Lipinski definition) is 0. The molecule has 4 heterocycles. The molecule has 4 aliphatic heterocycles. The van der Waals surface area contributed by atoms with Gasteiger partial charge in [-0.05, 0) is 155 Å². The molecule has 0 amide bonds. The Bertz CT molecular complexity index is 1580. The molecule has 18 atom stereocenters. The summed E-state index contributed by atoms with van der Waals surface area (Å²) >= 11 is 0. The third-order valence-electron chi connectivity index (χ3n) is 18.2. The number of benzene rings is 2. The van der Waals surface area contributed by atoms with E-state index >= 15 is 0 Å². The van der Waals surface area contributed by atoms with E-state index in [0.717, 1.165) is 59.7 Å². The lowest BCUT2D eigenvalue weighted by atomic mass is 9.61. The van der Waals surface area contributed by atoms with E-state index in [1.165, 1.54) is 121 Å². The van der Waals surface area contributed by atoms with Crippen molar-refractivity contribution in [2.75, 3.05) is 0 Å². The van der Waals surface area contributed by atoms with Crippen LogP contribution in [-0.2, 0) is 9.47 Å². The van der Waals surface area contributed by atoms with Crippen molar-refractivity contribution >= 4 is 0 Å². The van der Waals surface area contributed by atoms with Crippen LogP contribution in [0.2, 0.25) is 0 Å². The lowest BCUT2D eigenvalue weighted by Crippen LogP contribution is -2.64. The summed E-state index contributed by atoms with van der Waals surface area (Å²) in [6, 6.07) is 27.5. The van der Waals surface area contributed by atoms with E-state index in [-0.39, 0.29) is 0 Å². The minimum atomic E-state index is 0.398. The summed E-state index contributed by atoms with van der Waals surface area (Å²) in [5.41, 5.74) is 3.11. The highest BCUT2D eigenvalue weighted by Crippen LogP contribution is 2.61. The molecule has 4 heteroatoms. The number of rotatable bonds is 3. The smallest absolute Gasteiger partial charge is 0.0743 e. The molecule has 2 aromatic rings. The van der Waals surface area contributed by atoms with E-state index in [9.17, 15) is 0 Å². The summed E-state index contributed by atoms with van der Waals surface area (Å²) in [4.78, 5) is 6.39. The van der Waals surface area contributed by atoms with Crippen molar-refractivity contribution in [2.45, 2.75) is 188 Å². The summed E-state index contributed by atoms with van der Waals surface area (Å²) in [7, 11) is 0. The maximum absolute atomic E-state index is 7.44. The molecule has 0 radical (unpaired) electrons. The summed E-state index contributed by atoms with van der Waals surface area (Å²) < 4.78 is 14.4. The van der Waals surface area contributed by atoms with Crippen LogP contribution in [-0.4, -0.2) is 70.5 Å². The first kappa shape index (κ1) is 32.5. The molecule has 6 saturated carbocycles. The number of hydrogen-bond acceptors (Lipinski definition) is 4. The van der Waals surface area contributed by atoms with E-state index in [4.69, 9.17) is 9.47 Å². The van der Waals surface area contributed by atoms with Crippen LogP contribution in [0.5, 0.6) is 0 Å². The minimum Gasteiger partial charge on any atom is -0.372 e. The molecule has 4 nitrogen and oxygen atoms in total. The Morgan fingerprint density at radius 1 is 0.385 bits per heavy atom. The van der Waals surface area contributed by atoms with Gasteiger partial charge < -0.3 is 9.47 Å². The van der Waals surface area contributed by atoms with Gasteiger partial charge in [-0.1, -0.05) is 79.9 Å². The molecule has 278 valence electrons. The Hall–Kier alpha value is -1.72. The van der Waals surface area contributed by atoms with Crippen LogP contribution in [0, 0.1) is 35.5 Å². The first-order chi connectivity index (χ1) is 25.8. The monoisotopic (exact) mass is 700 g/mol. The molecule has 0 bridgehead atoms. The standard InChI is InChI=1S/C48H64N2O2/c1-3-10-29(11-4-1)33-20-23-42-45(27-33)52-46-28-34(30-12-5-2-6-13-30)26-38-37-25-32(19-22-40(37)50(42)48(38)46)31-18-21-39-36(24-31)35-14-9-17-44-47(35)49(39)41-15-7-8-16-43(41)51-44/h1-6,10-13,31-48H,7-9,14-28H2. The van der Waals surface area contributed by atoms with Crippen molar-refractivity contribution in [1.82, 2.24) is 9.80 Å². The normalized spacial score (nSPS) is 50.9. The van der Waals surface area contributed by atoms with Crippen molar-refractivity contribution in [3.8, 4) is 0 Å². The molecule has 18 unspecified atom stereocenters. The lowest BCUT2D eigenvalue weighted by molar-refractivity contribution is -0.182. The van der Waals surface area contributed by atoms with Crippen molar-refractivity contribution < 1.29 is 9.47 Å². The lowest BCUT2D eigenvalue weighted by Gasteiger charge is -2.55. The highest BCUT2D eigenvalue weighted by atomic mass is 16.5. The second-order valence-corrected chi connectivity index (χ2v) is 20.1. The molecule has 0 spiro atoms. The Balaban J connectivity index is 0.813. The first-order valence-corrected chi connectivity index (χ1v) is 22.7. The molecule has 12 rings (SSSR count). The second kappa shape index (κ2) is 12.9. The summed E-state index contributed by atoms with van der Waals surface area (Å²) in [6.45, 7) is 0. The zero-order valence-electron chi connectivity index (χ0n) is 31.6. The maximum atomic E-state index is 7.44. The van der Waals surface area contributed by atoms with Gasteiger partial charge in [0.25, 0.3) is 0 Å². The van der Waals surface area contributed by atoms with Gasteiger partial charge in [-0.2, -0.15) is 0 Å². The van der Waals surface area contributed by atoms with Crippen molar-refractivity contribution in [1.29, 1.82) is 0 Å². The zero-order chi connectivity index (χ0) is 33.9. The second-order valence-electron chi connectivity index (χ2n) is 20.1. The first-order valence-electron chi connectivity index (χ1n) is 22.7. The Labute approximate surface area is 313 Å². The van der Waals surface area contributed by atoms with Crippen LogP contribution in [0.1, 0.15) is 139 Å². The van der Waals surface area contributed by atoms with E-state index in [2.05, 4.69) is 70.5 Å². The van der Waals surface area contributed by atoms with Gasteiger partial charge in [0.15, 0.2) is 0 Å². The van der Waals surface area contributed by atoms with Gasteiger partial charge in [0.1, 0.15) is 0 Å². The van der Waals surface area contributed by atoms with Crippen molar-refractivity contribution in [3.63, 3.8) is 0 Å². The summed E-state index contributed by atoms with van der Waals surface area (Å²) in [5.74, 6) is 6.74. The molecule has 10 aliphatic rings. The fourth-order valence-corrected chi connectivity index (χ4v) is 16.4. The molecular formula is C48H64N2O2. The van der Waals surface area contributed by atoms with Gasteiger partial charge >= 0.3 is 0 Å². The third kappa shape index (κ3) is 5.04. The molecule has 10 fully saturated rings. The van der Waals surface area contributed by atoms with Crippen LogP contribution in [0.25, 0.3) is 0 Å². The summed E-state index contributed by atoms with van der Waals surface area (Å²) in [5, 5.41) is 0. The molecule has 52 heavy (non-hydrogen) atoms. The van der Waals surface area contributed by atoms with Gasteiger partial charge in [0, 0.05) is 36.3 Å². The molecule has 2 aromatic carbocycles. The predicted octanol–water partition coefficient (Wildman–Crippen LogP) is 9.73. The SMILES string of the molecule is c1ccc(C2CCC3C(C2)OC2CC(c4ccccc4)CC4C5CC(C6CCC7C(C6)C6CCCC8OC9CCCCC9N7C86)CCC5N3C24)cc1. The zero-order valence-corrected chi connectivity index (χ0v) is 31.6. The van der Waals surface area contributed by atoms with Crippen molar-refractivity contribution in [2.24, 2.45) is 35.5 Å². The average Bonchev–Trinajstić information content (AvgIpc) is 3.72. The summed E-state index contributed by atoms with van der Waals surface area (Å²) in [6.07, 6.45) is 27.1. The van der Waals surface area contributed by atoms with Crippen LogP contribution >= 0.6 is 0 Å². The van der Waals surface area contributed by atoms with Gasteiger partial charge in [-0.25, -0.2) is 0 Å². The highest BCUT2D eigenvalue weighted by molar-refractivity contribution is 5.26. The van der Waals surface area contributed by atoms with Gasteiger partial charge in [0.05, 0.1) is 24.4 Å². The van der Waals surface area contributed by atoms with Crippen molar-refractivity contribution in [3.05, 3.63) is 71.8 Å². The maximum Gasteiger partial charge on any atom is 0.0743 e. The van der Waals surface area contributed by atoms with Crippen LogP contribution in [0.15, 0.2) is 60.7 Å². The van der Waals surface area contributed by atoms with Crippen LogP contribution < -0.4 is 0 Å². The van der Waals surface area contributed by atoms with E-state index < -0.39 is 0 Å². The fourth-order valence-electron chi connectivity index (χ4n) is 16.4. The number of ether oxygens (including phenoxy) is 2. The Kier molecular flexibility index (Phi) is 8.08. The van der Waals surface area contributed by atoms with Gasteiger partial charge in [-0.15, -0.1) is 0 Å². The van der Waals surface area contributed by atoms with E-state index in [1.54, 1.807) is 5.56 Å². The average molecular weight is 701 g/mol. The fraction of sp³-hybridized carbons (Fsp3) is 0.750. The number of nitrogens with zero attached hydrogens (tertiary/aromatic N) is 2. The Morgan fingerprint density at radius 2 is 0.962 bits per heavy atom. The molecule has 6 aliphatic carbocycles. The topological polar surface area (TPSA) is 24.9 Å². The van der Waals surface area contributed by atoms with E-state index in [1.807, 2.05) is 0 Å². The van der Waals surface area contributed by atoms with Crippen LogP contribution in [0.4, 0.5) is 0 Å². The molecule has 4 saturated heterocycles. The predicted molar refractivity (Wildman–Crippen MR) is 206 cm³/mol. The van der Waals surface area contributed by atoms with Gasteiger partial charge in [0.2, 0.25) is 0 Å². The molecule has 0 aromatic heterocycles. The highest BCUT2D eigenvalue weighted by Gasteiger charge is 2.64. The molecular weight excluding hydrogens is 637 g/mol. The number of fused-ring (bicyclic) bond motifs is 10. The van der Waals surface area contributed by atoms with Crippen LogP contribution in [0.3, 0.4) is 0 Å².